The van der Waals surface area contributed by atoms with Crippen LogP contribution in [0.1, 0.15) is 45.4 Å². The Labute approximate surface area is 88.8 Å². The third kappa shape index (κ3) is 8.28. The fourth-order valence-corrected chi connectivity index (χ4v) is 1.60. The van der Waals surface area contributed by atoms with Gasteiger partial charge in [0.1, 0.15) is 0 Å². The minimum absolute atomic E-state index is 0.170. The van der Waals surface area contributed by atoms with Crippen molar-refractivity contribution in [1.82, 2.24) is 0 Å². The number of unbranched alkanes of at least 4 members (excludes halogenated alkanes) is 4. The number of rotatable bonds is 8. The maximum atomic E-state index is 10.5. The monoisotopic (exact) mass is 250 g/mol. The van der Waals surface area contributed by atoms with Gasteiger partial charge >= 0.3 is 5.97 Å². The molecule has 0 fully saturated rings. The van der Waals surface area contributed by atoms with E-state index >= 15 is 0 Å². The second-order valence-electron chi connectivity index (χ2n) is 3.48. The molecule has 0 aromatic heterocycles. The fraction of sp³-hybridized carbons (Fsp3) is 0.900. The quantitative estimate of drug-likeness (QED) is 0.530. The summed E-state index contributed by atoms with van der Waals surface area (Å²) in [5.41, 5.74) is 0. The van der Waals surface area contributed by atoms with Crippen molar-refractivity contribution >= 4 is 21.9 Å². The number of alkyl halides is 1. The van der Waals surface area contributed by atoms with Crippen molar-refractivity contribution in [1.29, 1.82) is 0 Å². The van der Waals surface area contributed by atoms with Crippen LogP contribution in [0.15, 0.2) is 0 Å². The molecule has 0 spiro atoms. The zero-order chi connectivity index (χ0) is 10.1. The molecular weight excluding hydrogens is 232 g/mol. The number of carboxylic acids is 1. The molecular formula is C10H19BrO2. The second kappa shape index (κ2) is 8.54. The number of halogens is 1. The van der Waals surface area contributed by atoms with Crippen LogP contribution < -0.4 is 0 Å². The van der Waals surface area contributed by atoms with Gasteiger partial charge in [-0.15, -0.1) is 0 Å². The van der Waals surface area contributed by atoms with Crippen molar-refractivity contribution < 1.29 is 9.90 Å². The summed E-state index contributed by atoms with van der Waals surface area (Å²) in [5.74, 6) is -0.836. The molecule has 0 bridgehead atoms. The SMILES string of the molecule is CC(CCCCCCCBr)C(=O)O. The minimum Gasteiger partial charge on any atom is -0.481 e. The van der Waals surface area contributed by atoms with Crippen LogP contribution in [0.25, 0.3) is 0 Å². The van der Waals surface area contributed by atoms with E-state index < -0.39 is 5.97 Å². The van der Waals surface area contributed by atoms with Gasteiger partial charge in [-0.2, -0.15) is 0 Å². The predicted molar refractivity (Wildman–Crippen MR) is 58.3 cm³/mol. The molecule has 0 radical (unpaired) electrons. The number of carbonyl (C=O) groups is 1. The fourth-order valence-electron chi connectivity index (χ4n) is 1.20. The molecule has 0 saturated heterocycles. The number of hydrogen-bond donors (Lipinski definition) is 1. The van der Waals surface area contributed by atoms with Crippen molar-refractivity contribution in [2.45, 2.75) is 45.4 Å². The number of hydrogen-bond acceptors (Lipinski definition) is 1. The Morgan fingerprint density at radius 1 is 1.23 bits per heavy atom. The summed E-state index contributed by atoms with van der Waals surface area (Å²) in [7, 11) is 0. The van der Waals surface area contributed by atoms with Crippen LogP contribution in [0.2, 0.25) is 0 Å². The van der Waals surface area contributed by atoms with Crippen LogP contribution in [-0.4, -0.2) is 16.4 Å². The van der Waals surface area contributed by atoms with Crippen LogP contribution >= 0.6 is 15.9 Å². The van der Waals surface area contributed by atoms with Crippen molar-refractivity contribution in [3.8, 4) is 0 Å². The first-order valence-electron chi connectivity index (χ1n) is 4.97. The Bertz CT molecular complexity index is 137. The summed E-state index contributed by atoms with van der Waals surface area (Å²) in [6.07, 6.45) is 6.77. The van der Waals surface area contributed by atoms with Crippen LogP contribution in [0, 0.1) is 5.92 Å². The molecule has 0 heterocycles. The van der Waals surface area contributed by atoms with Crippen molar-refractivity contribution in [3.63, 3.8) is 0 Å². The molecule has 2 nitrogen and oxygen atoms in total. The van der Waals surface area contributed by atoms with Gasteiger partial charge < -0.3 is 5.11 Å². The Morgan fingerprint density at radius 2 is 1.77 bits per heavy atom. The molecule has 0 saturated carbocycles. The molecule has 3 heteroatoms. The lowest BCUT2D eigenvalue weighted by molar-refractivity contribution is -0.141. The van der Waals surface area contributed by atoms with Gasteiger partial charge in [-0.1, -0.05) is 48.5 Å². The number of aliphatic carboxylic acids is 1. The minimum atomic E-state index is -0.666. The van der Waals surface area contributed by atoms with E-state index in [2.05, 4.69) is 15.9 Å². The van der Waals surface area contributed by atoms with E-state index in [0.717, 1.165) is 18.2 Å². The van der Waals surface area contributed by atoms with Crippen LogP contribution in [0.5, 0.6) is 0 Å². The lowest BCUT2D eigenvalue weighted by Gasteiger charge is -2.04. The third-order valence-electron chi connectivity index (χ3n) is 2.19. The molecule has 13 heavy (non-hydrogen) atoms. The second-order valence-corrected chi connectivity index (χ2v) is 4.28. The van der Waals surface area contributed by atoms with Gasteiger partial charge in [0, 0.05) is 5.33 Å². The van der Waals surface area contributed by atoms with Gasteiger partial charge in [-0.25, -0.2) is 0 Å². The standard InChI is InChI=1S/C10H19BrO2/c1-9(10(12)13)7-5-3-2-4-6-8-11/h9H,2-8H2,1H3,(H,12,13). The van der Waals surface area contributed by atoms with Gasteiger partial charge in [0.05, 0.1) is 5.92 Å². The van der Waals surface area contributed by atoms with E-state index in [1.807, 2.05) is 0 Å². The highest BCUT2D eigenvalue weighted by molar-refractivity contribution is 9.09. The Kier molecular flexibility index (Phi) is 8.51. The molecule has 0 amide bonds. The van der Waals surface area contributed by atoms with Gasteiger partial charge in [0.2, 0.25) is 0 Å². The molecule has 0 aliphatic heterocycles. The molecule has 0 aliphatic carbocycles. The van der Waals surface area contributed by atoms with Gasteiger partial charge in [-0.05, 0) is 12.8 Å². The van der Waals surface area contributed by atoms with Crippen molar-refractivity contribution in [2.75, 3.05) is 5.33 Å². The molecule has 0 aliphatic rings. The highest BCUT2D eigenvalue weighted by Crippen LogP contribution is 2.11. The van der Waals surface area contributed by atoms with Gasteiger partial charge in [-0.3, -0.25) is 4.79 Å². The smallest absolute Gasteiger partial charge is 0.306 e. The third-order valence-corrected chi connectivity index (χ3v) is 2.75. The first-order valence-corrected chi connectivity index (χ1v) is 6.09. The zero-order valence-electron chi connectivity index (χ0n) is 8.26. The highest BCUT2D eigenvalue weighted by Gasteiger charge is 2.09. The average molecular weight is 251 g/mol. The Hall–Kier alpha value is -0.0500. The first kappa shape index (κ1) is 12.9. The summed E-state index contributed by atoms with van der Waals surface area (Å²) in [4.78, 5) is 10.5. The number of carboxylic acid groups (broad SMARTS) is 1. The van der Waals surface area contributed by atoms with Gasteiger partial charge in [0.15, 0.2) is 0 Å². The molecule has 1 unspecified atom stereocenters. The maximum Gasteiger partial charge on any atom is 0.306 e. The normalized spacial score (nSPS) is 12.8. The summed E-state index contributed by atoms with van der Waals surface area (Å²) in [6.45, 7) is 1.78. The van der Waals surface area contributed by atoms with E-state index in [9.17, 15) is 4.79 Å². The summed E-state index contributed by atoms with van der Waals surface area (Å²) < 4.78 is 0. The van der Waals surface area contributed by atoms with E-state index in [1.54, 1.807) is 6.92 Å². The average Bonchev–Trinajstić information content (AvgIpc) is 2.10. The largest absolute Gasteiger partial charge is 0.481 e. The highest BCUT2D eigenvalue weighted by atomic mass is 79.9. The molecule has 78 valence electrons. The Morgan fingerprint density at radius 3 is 2.31 bits per heavy atom. The Balaban J connectivity index is 3.11. The van der Waals surface area contributed by atoms with E-state index in [4.69, 9.17) is 5.11 Å². The van der Waals surface area contributed by atoms with E-state index in [1.165, 1.54) is 25.7 Å². The van der Waals surface area contributed by atoms with Crippen LogP contribution in [0.4, 0.5) is 0 Å². The van der Waals surface area contributed by atoms with E-state index in [0.29, 0.717) is 0 Å². The summed E-state index contributed by atoms with van der Waals surface area (Å²) >= 11 is 3.38. The van der Waals surface area contributed by atoms with Crippen LogP contribution in [0.3, 0.4) is 0 Å². The molecule has 0 rings (SSSR count). The molecule has 0 aromatic carbocycles. The first-order chi connectivity index (χ1) is 6.18. The van der Waals surface area contributed by atoms with Crippen molar-refractivity contribution in [3.05, 3.63) is 0 Å². The summed E-state index contributed by atoms with van der Waals surface area (Å²) in [6, 6.07) is 0. The zero-order valence-corrected chi connectivity index (χ0v) is 9.85. The molecule has 1 atom stereocenters. The van der Waals surface area contributed by atoms with Gasteiger partial charge in [0.25, 0.3) is 0 Å². The van der Waals surface area contributed by atoms with Crippen molar-refractivity contribution in [2.24, 2.45) is 5.92 Å². The molecule has 0 aromatic rings. The lowest BCUT2D eigenvalue weighted by atomic mass is 10.0. The summed E-state index contributed by atoms with van der Waals surface area (Å²) in [5, 5.41) is 9.70. The predicted octanol–water partition coefficient (Wildman–Crippen LogP) is 3.44. The topological polar surface area (TPSA) is 37.3 Å². The van der Waals surface area contributed by atoms with Crippen LogP contribution in [-0.2, 0) is 4.79 Å². The van der Waals surface area contributed by atoms with E-state index in [-0.39, 0.29) is 5.92 Å². The maximum absolute atomic E-state index is 10.5. The lowest BCUT2D eigenvalue weighted by Crippen LogP contribution is -2.08. The molecule has 1 N–H and O–H groups in total.